The predicted octanol–water partition coefficient (Wildman–Crippen LogP) is 1.67. The van der Waals surface area contributed by atoms with Crippen molar-refractivity contribution in [3.05, 3.63) is 0 Å². The van der Waals surface area contributed by atoms with Gasteiger partial charge in [-0.25, -0.2) is 4.79 Å². The maximum absolute atomic E-state index is 10.5. The number of unbranched alkanes of at least 4 members (excludes halogenated alkanes) is 1. The summed E-state index contributed by atoms with van der Waals surface area (Å²) >= 11 is 0. The van der Waals surface area contributed by atoms with E-state index >= 15 is 0 Å². The largest absolute Gasteiger partial charge is 0.479 e. The van der Waals surface area contributed by atoms with Gasteiger partial charge in [-0.15, -0.1) is 0 Å². The fourth-order valence-electron chi connectivity index (χ4n) is 0.869. The minimum absolute atomic E-state index is 0. The molecule has 0 spiro atoms. The second-order valence-corrected chi connectivity index (χ2v) is 2.42. The van der Waals surface area contributed by atoms with Crippen molar-refractivity contribution in [3.63, 3.8) is 0 Å². The van der Waals surface area contributed by atoms with Crippen LogP contribution in [0.25, 0.3) is 0 Å². The maximum Gasteiger partial charge on any atom is 0.332 e. The summed E-state index contributed by atoms with van der Waals surface area (Å²) in [7, 11) is 0. The van der Waals surface area contributed by atoms with Crippen LogP contribution in [0.5, 0.6) is 0 Å². The van der Waals surface area contributed by atoms with Crippen LogP contribution in [0.3, 0.4) is 0 Å². The fourth-order valence-corrected chi connectivity index (χ4v) is 0.869. The average molecular weight is 300 g/mol. The van der Waals surface area contributed by atoms with Crippen molar-refractivity contribution in [2.75, 3.05) is 6.61 Å². The van der Waals surface area contributed by atoms with Gasteiger partial charge in [0.15, 0.2) is 6.10 Å². The summed E-state index contributed by atoms with van der Waals surface area (Å²) in [6, 6.07) is 0. The summed E-state index contributed by atoms with van der Waals surface area (Å²) < 4.78 is 5.01. The standard InChI is InChI=1S/C8H16O3.Ce/c1-3-5-6-7(8(9)10)11-4-2;/h7H,3-6H2,1-2H3,(H,9,10);. The first-order chi connectivity index (χ1) is 5.22. The van der Waals surface area contributed by atoms with E-state index in [1.165, 1.54) is 0 Å². The number of rotatable bonds is 6. The van der Waals surface area contributed by atoms with Gasteiger partial charge in [0, 0.05) is 48.4 Å². The van der Waals surface area contributed by atoms with Crippen LogP contribution in [0.4, 0.5) is 0 Å². The van der Waals surface area contributed by atoms with Gasteiger partial charge in [0.25, 0.3) is 0 Å². The van der Waals surface area contributed by atoms with Gasteiger partial charge in [0.1, 0.15) is 0 Å². The molecular weight excluding hydrogens is 284 g/mol. The van der Waals surface area contributed by atoms with E-state index in [-0.39, 0.29) is 41.7 Å². The van der Waals surface area contributed by atoms with E-state index in [1.807, 2.05) is 13.8 Å². The minimum atomic E-state index is -0.847. The van der Waals surface area contributed by atoms with Crippen molar-refractivity contribution in [2.24, 2.45) is 0 Å². The predicted molar refractivity (Wildman–Crippen MR) is 42.6 cm³/mol. The van der Waals surface area contributed by atoms with Crippen LogP contribution < -0.4 is 0 Å². The van der Waals surface area contributed by atoms with Crippen LogP contribution in [-0.4, -0.2) is 23.8 Å². The molecule has 1 unspecified atom stereocenters. The van der Waals surface area contributed by atoms with Crippen LogP contribution in [0, 0.1) is 41.7 Å². The molecule has 0 saturated heterocycles. The molecule has 0 aliphatic heterocycles. The van der Waals surface area contributed by atoms with Gasteiger partial charge in [-0.2, -0.15) is 0 Å². The Morgan fingerprint density at radius 1 is 1.50 bits per heavy atom. The molecule has 0 aromatic rings. The molecule has 4 heteroatoms. The van der Waals surface area contributed by atoms with Crippen molar-refractivity contribution in [1.82, 2.24) is 0 Å². The van der Waals surface area contributed by atoms with E-state index < -0.39 is 12.1 Å². The number of hydrogen-bond donors (Lipinski definition) is 1. The van der Waals surface area contributed by atoms with Gasteiger partial charge in [-0.05, 0) is 13.3 Å². The Kier molecular flexibility index (Phi) is 12.6. The molecule has 0 aromatic heterocycles. The fraction of sp³-hybridized carbons (Fsp3) is 0.875. The number of carbonyl (C=O) groups is 1. The van der Waals surface area contributed by atoms with Crippen LogP contribution in [-0.2, 0) is 9.53 Å². The molecular formula is C8H16CeO3. The Bertz CT molecular complexity index is 117. The topological polar surface area (TPSA) is 46.5 Å². The van der Waals surface area contributed by atoms with Gasteiger partial charge in [-0.3, -0.25) is 0 Å². The van der Waals surface area contributed by atoms with Gasteiger partial charge in [0.05, 0.1) is 0 Å². The zero-order valence-corrected chi connectivity index (χ0v) is 10.8. The van der Waals surface area contributed by atoms with E-state index in [9.17, 15) is 4.79 Å². The third kappa shape index (κ3) is 7.46. The summed E-state index contributed by atoms with van der Waals surface area (Å²) in [6.45, 7) is 4.31. The zero-order chi connectivity index (χ0) is 8.69. The molecule has 12 heavy (non-hydrogen) atoms. The Labute approximate surface area is 107 Å². The zero-order valence-electron chi connectivity index (χ0n) is 7.67. The number of ether oxygens (including phenoxy) is 1. The molecule has 1 atom stereocenters. The van der Waals surface area contributed by atoms with Crippen molar-refractivity contribution in [3.8, 4) is 0 Å². The van der Waals surface area contributed by atoms with Gasteiger partial charge in [-0.1, -0.05) is 19.8 Å². The second kappa shape index (κ2) is 9.89. The van der Waals surface area contributed by atoms with Crippen LogP contribution in [0.15, 0.2) is 0 Å². The molecule has 0 aliphatic rings. The molecule has 70 valence electrons. The first-order valence-corrected chi connectivity index (χ1v) is 4.06. The molecule has 0 radical (unpaired) electrons. The van der Waals surface area contributed by atoms with Gasteiger partial charge < -0.3 is 9.84 Å². The summed E-state index contributed by atoms with van der Waals surface area (Å²) in [5.41, 5.74) is 0. The van der Waals surface area contributed by atoms with Crippen LogP contribution in [0.2, 0.25) is 0 Å². The Morgan fingerprint density at radius 2 is 2.08 bits per heavy atom. The van der Waals surface area contributed by atoms with E-state index in [4.69, 9.17) is 9.84 Å². The molecule has 0 aliphatic carbocycles. The van der Waals surface area contributed by atoms with E-state index in [1.54, 1.807) is 0 Å². The number of aliphatic carboxylic acids is 1. The Morgan fingerprint density at radius 3 is 2.42 bits per heavy atom. The van der Waals surface area contributed by atoms with Crippen LogP contribution in [0.1, 0.15) is 33.1 Å². The monoisotopic (exact) mass is 300 g/mol. The average Bonchev–Trinajstić information content (AvgIpc) is 1.97. The summed E-state index contributed by atoms with van der Waals surface area (Å²) in [6.07, 6.45) is 1.95. The first kappa shape index (κ1) is 15.3. The van der Waals surface area contributed by atoms with Crippen molar-refractivity contribution >= 4 is 5.97 Å². The minimum Gasteiger partial charge on any atom is -0.479 e. The quantitative estimate of drug-likeness (QED) is 0.811. The third-order valence-electron chi connectivity index (χ3n) is 1.46. The Hall–Kier alpha value is 0.807. The third-order valence-corrected chi connectivity index (χ3v) is 1.46. The summed E-state index contributed by atoms with van der Waals surface area (Å²) in [4.78, 5) is 10.5. The summed E-state index contributed by atoms with van der Waals surface area (Å²) in [5, 5.41) is 8.61. The molecule has 0 rings (SSSR count). The number of hydrogen-bond acceptors (Lipinski definition) is 2. The molecule has 0 fully saturated rings. The normalized spacial score (nSPS) is 11.8. The van der Waals surface area contributed by atoms with Crippen molar-refractivity contribution in [1.29, 1.82) is 0 Å². The molecule has 0 bridgehead atoms. The smallest absolute Gasteiger partial charge is 0.332 e. The molecule has 0 aromatic carbocycles. The van der Waals surface area contributed by atoms with Crippen LogP contribution >= 0.6 is 0 Å². The summed E-state index contributed by atoms with van der Waals surface area (Å²) in [5.74, 6) is -0.847. The van der Waals surface area contributed by atoms with E-state index in [2.05, 4.69) is 0 Å². The molecule has 0 heterocycles. The number of carboxylic acid groups (broad SMARTS) is 1. The maximum atomic E-state index is 10.5. The molecule has 3 nitrogen and oxygen atoms in total. The van der Waals surface area contributed by atoms with Gasteiger partial charge >= 0.3 is 5.97 Å². The van der Waals surface area contributed by atoms with E-state index in [0.717, 1.165) is 12.8 Å². The first-order valence-electron chi connectivity index (χ1n) is 4.06. The second-order valence-electron chi connectivity index (χ2n) is 2.42. The molecule has 1 N–H and O–H groups in total. The molecule has 0 saturated carbocycles. The van der Waals surface area contributed by atoms with Crippen molar-refractivity contribution in [2.45, 2.75) is 39.2 Å². The molecule has 0 amide bonds. The van der Waals surface area contributed by atoms with E-state index in [0.29, 0.717) is 13.0 Å². The Balaban J connectivity index is 0. The number of carboxylic acids is 1. The van der Waals surface area contributed by atoms with Gasteiger partial charge in [0.2, 0.25) is 0 Å². The van der Waals surface area contributed by atoms with Crippen molar-refractivity contribution < 1.29 is 56.4 Å². The SMILES string of the molecule is CCCCC(OCC)C(=O)O.[Ce].